The van der Waals surface area contributed by atoms with Crippen molar-refractivity contribution < 1.29 is 9.59 Å². The predicted octanol–water partition coefficient (Wildman–Crippen LogP) is 2.82. The highest BCUT2D eigenvalue weighted by Gasteiger charge is 2.57. The van der Waals surface area contributed by atoms with Crippen LogP contribution in [-0.2, 0) is 16.0 Å². The van der Waals surface area contributed by atoms with E-state index >= 15 is 0 Å². The lowest BCUT2D eigenvalue weighted by Crippen LogP contribution is -2.45. The van der Waals surface area contributed by atoms with Gasteiger partial charge in [-0.25, -0.2) is 0 Å². The molecule has 2 unspecified atom stereocenters. The average molecular weight is 285 g/mol. The molecule has 3 heteroatoms. The van der Waals surface area contributed by atoms with Crippen LogP contribution in [0.3, 0.4) is 0 Å². The third-order valence-electron chi connectivity index (χ3n) is 5.10. The van der Waals surface area contributed by atoms with Gasteiger partial charge in [0.25, 0.3) is 0 Å². The summed E-state index contributed by atoms with van der Waals surface area (Å²) in [5.41, 5.74) is 3.66. The van der Waals surface area contributed by atoms with E-state index in [2.05, 4.69) is 31.3 Å². The Morgan fingerprint density at radius 2 is 1.90 bits per heavy atom. The standard InChI is InChI=1S/C18H23NO2/c1-5-12-9-10(2)8-11(3)14(12)15-16(20)18(4,13-6-7-13)19-17(15)21/h8-9,13,15H,5-7H2,1-4H3,(H,19,21). The molecule has 1 aliphatic carbocycles. The van der Waals surface area contributed by atoms with Crippen LogP contribution in [0.5, 0.6) is 0 Å². The zero-order chi connectivity index (χ0) is 15.4. The van der Waals surface area contributed by atoms with Gasteiger partial charge in [0.1, 0.15) is 5.92 Å². The van der Waals surface area contributed by atoms with Gasteiger partial charge in [-0.2, -0.15) is 0 Å². The van der Waals surface area contributed by atoms with Gasteiger partial charge in [0.2, 0.25) is 5.91 Å². The summed E-state index contributed by atoms with van der Waals surface area (Å²) in [6.45, 7) is 8.05. The monoisotopic (exact) mass is 285 g/mol. The van der Waals surface area contributed by atoms with Crippen molar-refractivity contribution in [3.8, 4) is 0 Å². The van der Waals surface area contributed by atoms with Gasteiger partial charge in [0, 0.05) is 0 Å². The van der Waals surface area contributed by atoms with Gasteiger partial charge < -0.3 is 5.32 Å². The molecular weight excluding hydrogens is 262 g/mol. The van der Waals surface area contributed by atoms with Gasteiger partial charge in [-0.1, -0.05) is 24.6 Å². The molecule has 3 rings (SSSR count). The Bertz CT molecular complexity index is 630. The number of carbonyl (C=O) groups excluding carboxylic acids is 2. The molecule has 2 aliphatic rings. The maximum Gasteiger partial charge on any atom is 0.235 e. The number of ketones is 1. The lowest BCUT2D eigenvalue weighted by Gasteiger charge is -2.22. The van der Waals surface area contributed by atoms with Crippen molar-refractivity contribution in [1.82, 2.24) is 5.32 Å². The van der Waals surface area contributed by atoms with Crippen molar-refractivity contribution in [3.05, 3.63) is 34.4 Å². The zero-order valence-electron chi connectivity index (χ0n) is 13.2. The maximum atomic E-state index is 12.9. The van der Waals surface area contributed by atoms with Crippen molar-refractivity contribution in [2.24, 2.45) is 5.92 Å². The summed E-state index contributed by atoms with van der Waals surface area (Å²) in [5, 5.41) is 3.00. The number of carbonyl (C=O) groups is 2. The fourth-order valence-electron chi connectivity index (χ4n) is 3.81. The van der Waals surface area contributed by atoms with E-state index in [0.29, 0.717) is 5.92 Å². The molecule has 3 nitrogen and oxygen atoms in total. The van der Waals surface area contributed by atoms with Crippen molar-refractivity contribution in [3.63, 3.8) is 0 Å². The van der Waals surface area contributed by atoms with Crippen LogP contribution in [0, 0.1) is 19.8 Å². The molecule has 1 amide bonds. The van der Waals surface area contributed by atoms with Crippen LogP contribution in [-0.4, -0.2) is 17.2 Å². The number of nitrogens with one attached hydrogen (secondary N) is 1. The SMILES string of the molecule is CCc1cc(C)cc(C)c1C1C(=O)NC(C)(C2CC2)C1=O. The molecule has 0 aromatic heterocycles. The molecule has 112 valence electrons. The van der Waals surface area contributed by atoms with Crippen LogP contribution in [0.2, 0.25) is 0 Å². The second kappa shape index (κ2) is 4.69. The maximum absolute atomic E-state index is 12.9. The Morgan fingerprint density at radius 1 is 1.24 bits per heavy atom. The van der Waals surface area contributed by atoms with E-state index in [1.54, 1.807) is 0 Å². The lowest BCUT2D eigenvalue weighted by atomic mass is 9.81. The Morgan fingerprint density at radius 3 is 2.48 bits per heavy atom. The molecule has 1 N–H and O–H groups in total. The molecule has 1 aliphatic heterocycles. The van der Waals surface area contributed by atoms with Gasteiger partial charge in [-0.3, -0.25) is 9.59 Å². The molecule has 1 aromatic carbocycles. The first-order valence-electron chi connectivity index (χ1n) is 7.84. The lowest BCUT2D eigenvalue weighted by molar-refractivity contribution is -0.125. The molecule has 0 bridgehead atoms. The van der Waals surface area contributed by atoms with Crippen LogP contribution >= 0.6 is 0 Å². The first kappa shape index (κ1) is 14.3. The predicted molar refractivity (Wildman–Crippen MR) is 82.3 cm³/mol. The third-order valence-corrected chi connectivity index (χ3v) is 5.10. The Hall–Kier alpha value is -1.64. The van der Waals surface area contributed by atoms with E-state index < -0.39 is 11.5 Å². The summed E-state index contributed by atoms with van der Waals surface area (Å²) >= 11 is 0. The van der Waals surface area contributed by atoms with Gasteiger partial charge in [-0.15, -0.1) is 0 Å². The van der Waals surface area contributed by atoms with E-state index in [9.17, 15) is 9.59 Å². The summed E-state index contributed by atoms with van der Waals surface area (Å²) in [5.74, 6) is -0.339. The van der Waals surface area contributed by atoms with Crippen LogP contribution in [0.25, 0.3) is 0 Å². The molecule has 1 aromatic rings. The highest BCUT2D eigenvalue weighted by molar-refractivity contribution is 6.17. The number of benzene rings is 1. The first-order chi connectivity index (χ1) is 9.88. The molecule has 2 fully saturated rings. The number of hydrogen-bond donors (Lipinski definition) is 1. The smallest absolute Gasteiger partial charge is 0.235 e. The van der Waals surface area contributed by atoms with Crippen LogP contribution in [0.15, 0.2) is 12.1 Å². The van der Waals surface area contributed by atoms with E-state index in [-0.39, 0.29) is 11.7 Å². The molecule has 0 spiro atoms. The molecule has 1 saturated carbocycles. The Labute approximate surface area is 126 Å². The molecule has 1 saturated heterocycles. The van der Waals surface area contributed by atoms with Gasteiger partial charge >= 0.3 is 0 Å². The fraction of sp³-hybridized carbons (Fsp3) is 0.556. The highest BCUT2D eigenvalue weighted by Crippen LogP contribution is 2.46. The number of amides is 1. The Kier molecular flexibility index (Phi) is 3.19. The summed E-state index contributed by atoms with van der Waals surface area (Å²) in [7, 11) is 0. The highest BCUT2D eigenvalue weighted by atomic mass is 16.2. The second-order valence-corrected chi connectivity index (χ2v) is 6.77. The molecule has 1 heterocycles. The summed E-state index contributed by atoms with van der Waals surface area (Å²) in [6, 6.07) is 4.18. The van der Waals surface area contributed by atoms with Crippen molar-refractivity contribution in [2.45, 2.75) is 58.4 Å². The number of hydrogen-bond acceptors (Lipinski definition) is 2. The number of Topliss-reactive ketones (excluding diaryl/α,β-unsaturated/α-hetero) is 1. The summed E-state index contributed by atoms with van der Waals surface area (Å²) in [6.07, 6.45) is 2.93. The first-order valence-corrected chi connectivity index (χ1v) is 7.84. The van der Waals surface area contributed by atoms with Gasteiger partial charge in [0.15, 0.2) is 5.78 Å². The second-order valence-electron chi connectivity index (χ2n) is 6.77. The third kappa shape index (κ3) is 2.10. The van der Waals surface area contributed by atoms with E-state index in [1.807, 2.05) is 13.8 Å². The minimum absolute atomic E-state index is 0.0663. The largest absolute Gasteiger partial charge is 0.343 e. The molecule has 0 radical (unpaired) electrons. The van der Waals surface area contributed by atoms with E-state index in [4.69, 9.17) is 0 Å². The van der Waals surface area contributed by atoms with Gasteiger partial charge in [-0.05, 0) is 62.6 Å². The summed E-state index contributed by atoms with van der Waals surface area (Å²) in [4.78, 5) is 25.4. The van der Waals surface area contributed by atoms with Crippen LogP contribution in [0.1, 0.15) is 54.9 Å². The minimum Gasteiger partial charge on any atom is -0.343 e. The number of rotatable bonds is 3. The normalized spacial score (nSPS) is 28.9. The fourth-order valence-corrected chi connectivity index (χ4v) is 3.81. The van der Waals surface area contributed by atoms with E-state index in [0.717, 1.165) is 36.0 Å². The van der Waals surface area contributed by atoms with Crippen molar-refractivity contribution in [1.29, 1.82) is 0 Å². The van der Waals surface area contributed by atoms with Crippen molar-refractivity contribution >= 4 is 11.7 Å². The minimum atomic E-state index is -0.649. The van der Waals surface area contributed by atoms with Crippen LogP contribution in [0.4, 0.5) is 0 Å². The number of aryl methyl sites for hydroxylation is 3. The molecular formula is C18H23NO2. The molecule has 21 heavy (non-hydrogen) atoms. The van der Waals surface area contributed by atoms with Crippen molar-refractivity contribution in [2.75, 3.05) is 0 Å². The zero-order valence-corrected chi connectivity index (χ0v) is 13.2. The van der Waals surface area contributed by atoms with Crippen LogP contribution < -0.4 is 5.32 Å². The molecule has 2 atom stereocenters. The summed E-state index contributed by atoms with van der Waals surface area (Å²) < 4.78 is 0. The quantitative estimate of drug-likeness (QED) is 0.868. The average Bonchev–Trinajstić information content (AvgIpc) is 3.22. The van der Waals surface area contributed by atoms with Gasteiger partial charge in [0.05, 0.1) is 5.54 Å². The topological polar surface area (TPSA) is 46.2 Å². The van der Waals surface area contributed by atoms with E-state index in [1.165, 1.54) is 5.56 Å². The Balaban J connectivity index is 2.08.